The molecule has 1 aromatic heterocycles. The highest BCUT2D eigenvalue weighted by molar-refractivity contribution is 6.18. The van der Waals surface area contributed by atoms with E-state index in [1.807, 2.05) is 4.98 Å². The maximum atomic E-state index is 12.4. The van der Waals surface area contributed by atoms with Gasteiger partial charge in [-0.2, -0.15) is 13.2 Å². The van der Waals surface area contributed by atoms with Gasteiger partial charge in [-0.3, -0.25) is 4.79 Å². The highest BCUT2D eigenvalue weighted by Crippen LogP contribution is 2.28. The first-order valence-electron chi connectivity index (χ1n) is 4.16. The van der Waals surface area contributed by atoms with E-state index in [4.69, 9.17) is 11.6 Å². The summed E-state index contributed by atoms with van der Waals surface area (Å²) in [5, 5.41) is 0. The maximum absolute atomic E-state index is 12.4. The van der Waals surface area contributed by atoms with Gasteiger partial charge in [0.15, 0.2) is 5.69 Å². The molecule has 0 bridgehead atoms. The molecule has 1 N–H and O–H groups in total. The second kappa shape index (κ2) is 5.03. The third-order valence-corrected chi connectivity index (χ3v) is 1.74. The van der Waals surface area contributed by atoms with Crippen LogP contribution in [0.3, 0.4) is 0 Å². The third kappa shape index (κ3) is 3.00. The average molecular weight is 251 g/mol. The van der Waals surface area contributed by atoms with Gasteiger partial charge in [0.2, 0.25) is 0 Å². The fraction of sp³-hybridized carbons (Fsp3) is 0.333. The van der Waals surface area contributed by atoms with Crippen molar-refractivity contribution in [3.8, 4) is 11.8 Å². The first kappa shape index (κ1) is 12.6. The molecule has 0 aliphatic heterocycles. The van der Waals surface area contributed by atoms with Crippen molar-refractivity contribution in [2.45, 2.75) is 12.6 Å². The van der Waals surface area contributed by atoms with E-state index in [1.54, 1.807) is 0 Å². The monoisotopic (exact) mass is 250 g/mol. The van der Waals surface area contributed by atoms with Gasteiger partial charge in [-0.05, 0) is 0 Å². The lowest BCUT2D eigenvalue weighted by molar-refractivity contribution is -0.141. The Bertz CT molecular complexity index is 484. The number of nitrogens with zero attached hydrogens (tertiary/aromatic N) is 1. The molecule has 16 heavy (non-hydrogen) atoms. The number of aromatic nitrogens is 2. The van der Waals surface area contributed by atoms with Crippen molar-refractivity contribution < 1.29 is 13.2 Å². The summed E-state index contributed by atoms with van der Waals surface area (Å²) in [5.41, 5.74) is -2.87. The molecule has 0 aliphatic carbocycles. The smallest absolute Gasteiger partial charge is 0.312 e. The number of hydrogen-bond acceptors (Lipinski definition) is 2. The Labute approximate surface area is 93.7 Å². The average Bonchev–Trinajstić information content (AvgIpc) is 2.19. The Morgan fingerprint density at radius 3 is 2.75 bits per heavy atom. The SMILES string of the molecule is O=c1[nH]cnc(C(F)(F)F)c1C#CCCCl. The molecule has 0 unspecified atom stereocenters. The Hall–Kier alpha value is -1.48. The van der Waals surface area contributed by atoms with Gasteiger partial charge in [0.1, 0.15) is 5.56 Å². The van der Waals surface area contributed by atoms with Crippen LogP contribution in [0.15, 0.2) is 11.1 Å². The van der Waals surface area contributed by atoms with Crippen LogP contribution in [-0.4, -0.2) is 15.8 Å². The van der Waals surface area contributed by atoms with E-state index in [-0.39, 0.29) is 12.3 Å². The van der Waals surface area contributed by atoms with Gasteiger partial charge in [0.05, 0.1) is 6.33 Å². The largest absolute Gasteiger partial charge is 0.434 e. The summed E-state index contributed by atoms with van der Waals surface area (Å²) in [5.74, 6) is 4.68. The van der Waals surface area contributed by atoms with Crippen LogP contribution in [0.1, 0.15) is 17.7 Å². The second-order valence-electron chi connectivity index (χ2n) is 2.69. The summed E-state index contributed by atoms with van der Waals surface area (Å²) in [7, 11) is 0. The minimum atomic E-state index is -4.70. The highest BCUT2D eigenvalue weighted by Gasteiger charge is 2.36. The first-order valence-corrected chi connectivity index (χ1v) is 4.70. The molecule has 0 saturated heterocycles. The van der Waals surface area contributed by atoms with Crippen molar-refractivity contribution >= 4 is 11.6 Å². The molecule has 7 heteroatoms. The van der Waals surface area contributed by atoms with E-state index in [1.165, 1.54) is 0 Å². The van der Waals surface area contributed by atoms with E-state index in [0.717, 1.165) is 0 Å². The van der Waals surface area contributed by atoms with Gasteiger partial charge in [0.25, 0.3) is 5.56 Å². The topological polar surface area (TPSA) is 45.8 Å². The molecule has 0 aliphatic rings. The molecule has 0 aromatic carbocycles. The molecule has 1 rings (SSSR count). The van der Waals surface area contributed by atoms with Gasteiger partial charge < -0.3 is 4.98 Å². The number of H-pyrrole nitrogens is 1. The van der Waals surface area contributed by atoms with Crippen LogP contribution in [0.25, 0.3) is 0 Å². The number of aromatic amines is 1. The molecule has 0 atom stereocenters. The van der Waals surface area contributed by atoms with Crippen molar-refractivity contribution in [2.24, 2.45) is 0 Å². The highest BCUT2D eigenvalue weighted by atomic mass is 35.5. The van der Waals surface area contributed by atoms with E-state index < -0.39 is 23.0 Å². The molecule has 1 aromatic rings. The first-order chi connectivity index (χ1) is 7.46. The van der Waals surface area contributed by atoms with Gasteiger partial charge >= 0.3 is 6.18 Å². The van der Waals surface area contributed by atoms with Crippen molar-refractivity contribution in [3.63, 3.8) is 0 Å². The van der Waals surface area contributed by atoms with Crippen molar-refractivity contribution in [1.82, 2.24) is 9.97 Å². The number of alkyl halides is 4. The van der Waals surface area contributed by atoms with Crippen LogP contribution in [0, 0.1) is 11.8 Å². The standard InChI is InChI=1S/C9H6ClF3N2O/c10-4-2-1-3-6-7(9(11,12)13)14-5-15-8(6)16/h5H,2,4H2,(H,14,15,16). The normalized spacial score (nSPS) is 10.8. The third-order valence-electron chi connectivity index (χ3n) is 1.55. The zero-order valence-electron chi connectivity index (χ0n) is 7.86. The number of hydrogen-bond donors (Lipinski definition) is 1. The molecule has 0 radical (unpaired) electrons. The maximum Gasteiger partial charge on any atom is 0.434 e. The lowest BCUT2D eigenvalue weighted by atomic mass is 10.2. The van der Waals surface area contributed by atoms with Crippen LogP contribution in [0.5, 0.6) is 0 Å². The lowest BCUT2D eigenvalue weighted by Gasteiger charge is -2.05. The van der Waals surface area contributed by atoms with Crippen LogP contribution in [-0.2, 0) is 6.18 Å². The summed E-state index contributed by atoms with van der Waals surface area (Å²) in [4.78, 5) is 16.3. The van der Waals surface area contributed by atoms with E-state index in [9.17, 15) is 18.0 Å². The number of rotatable bonds is 1. The predicted molar refractivity (Wildman–Crippen MR) is 52.1 cm³/mol. The van der Waals surface area contributed by atoms with Gasteiger partial charge in [-0.25, -0.2) is 4.98 Å². The molecular weight excluding hydrogens is 245 g/mol. The Kier molecular flexibility index (Phi) is 3.96. The number of halogens is 4. The van der Waals surface area contributed by atoms with Gasteiger partial charge in [-0.15, -0.1) is 11.6 Å². The fourth-order valence-corrected chi connectivity index (χ4v) is 1.02. The summed E-state index contributed by atoms with van der Waals surface area (Å²) in [6, 6.07) is 0. The molecule has 86 valence electrons. The van der Waals surface area contributed by atoms with Crippen molar-refractivity contribution in [1.29, 1.82) is 0 Å². The van der Waals surface area contributed by atoms with E-state index >= 15 is 0 Å². The van der Waals surface area contributed by atoms with Crippen molar-refractivity contribution in [2.75, 3.05) is 5.88 Å². The summed E-state index contributed by atoms with van der Waals surface area (Å²) < 4.78 is 37.3. The van der Waals surface area contributed by atoms with Gasteiger partial charge in [0, 0.05) is 12.3 Å². The van der Waals surface area contributed by atoms with Crippen LogP contribution >= 0.6 is 11.6 Å². The zero-order chi connectivity index (χ0) is 12.2. The van der Waals surface area contributed by atoms with Crippen LogP contribution < -0.4 is 5.56 Å². The molecule has 1 heterocycles. The molecular formula is C9H6ClF3N2O. The second-order valence-corrected chi connectivity index (χ2v) is 3.07. The molecule has 0 spiro atoms. The van der Waals surface area contributed by atoms with Gasteiger partial charge in [-0.1, -0.05) is 11.8 Å². The molecule has 0 amide bonds. The van der Waals surface area contributed by atoms with Crippen LogP contribution in [0.4, 0.5) is 13.2 Å². The van der Waals surface area contributed by atoms with E-state index in [0.29, 0.717) is 6.33 Å². The van der Waals surface area contributed by atoms with Crippen molar-refractivity contribution in [3.05, 3.63) is 27.9 Å². The predicted octanol–water partition coefficient (Wildman–Crippen LogP) is 1.77. The summed E-state index contributed by atoms with van der Waals surface area (Å²) in [6.07, 6.45) is -3.80. The number of nitrogens with one attached hydrogen (secondary N) is 1. The van der Waals surface area contributed by atoms with E-state index in [2.05, 4.69) is 16.8 Å². The fourth-order valence-electron chi connectivity index (χ4n) is 0.929. The molecule has 0 fully saturated rings. The quantitative estimate of drug-likeness (QED) is 0.610. The Morgan fingerprint density at radius 1 is 1.50 bits per heavy atom. The minimum absolute atomic E-state index is 0.187. The summed E-state index contributed by atoms with van der Waals surface area (Å²) >= 11 is 5.31. The summed E-state index contributed by atoms with van der Waals surface area (Å²) in [6.45, 7) is 0. The lowest BCUT2D eigenvalue weighted by Crippen LogP contribution is -2.20. The molecule has 3 nitrogen and oxygen atoms in total. The minimum Gasteiger partial charge on any atom is -0.312 e. The Balaban J connectivity index is 3.27. The zero-order valence-corrected chi connectivity index (χ0v) is 8.61. The van der Waals surface area contributed by atoms with Crippen LogP contribution in [0.2, 0.25) is 0 Å². The Morgan fingerprint density at radius 2 is 2.19 bits per heavy atom. The molecule has 0 saturated carbocycles.